The molecule has 10 rings (SSSR count). The van der Waals surface area contributed by atoms with Gasteiger partial charge in [0.05, 0.1) is 22.4 Å². The van der Waals surface area contributed by atoms with Gasteiger partial charge < -0.3 is 9.47 Å². The highest BCUT2D eigenvalue weighted by Gasteiger charge is 2.36. The van der Waals surface area contributed by atoms with Gasteiger partial charge in [-0.05, 0) is 93.5 Å². The zero-order chi connectivity index (χ0) is 35.5. The molecule has 1 aromatic heterocycles. The lowest BCUT2D eigenvalue weighted by atomic mass is 9.82. The van der Waals surface area contributed by atoms with Crippen molar-refractivity contribution in [3.05, 3.63) is 205 Å². The van der Waals surface area contributed by atoms with Crippen LogP contribution in [0.4, 0.5) is 17.1 Å². The Morgan fingerprint density at radius 3 is 1.85 bits per heavy atom. The Morgan fingerprint density at radius 1 is 0.415 bits per heavy atom. The molecule has 0 amide bonds. The Morgan fingerprint density at radius 2 is 1.06 bits per heavy atom. The molecule has 1 aliphatic rings. The average molecular weight is 679 g/mol. The summed E-state index contributed by atoms with van der Waals surface area (Å²) in [5.74, 6) is 0. The minimum Gasteiger partial charge on any atom is -0.309 e. The van der Waals surface area contributed by atoms with Crippen molar-refractivity contribution in [3.8, 4) is 39.1 Å². The molecule has 8 aromatic carbocycles. The van der Waals surface area contributed by atoms with E-state index in [0.717, 1.165) is 22.7 Å². The summed E-state index contributed by atoms with van der Waals surface area (Å²) < 4.78 is 2.41. The molecule has 0 unspecified atom stereocenters. The van der Waals surface area contributed by atoms with Crippen LogP contribution in [-0.2, 0) is 5.41 Å². The molecule has 0 bridgehead atoms. The highest BCUT2D eigenvalue weighted by Crippen LogP contribution is 2.52. The van der Waals surface area contributed by atoms with Crippen LogP contribution >= 0.6 is 0 Å². The van der Waals surface area contributed by atoms with Gasteiger partial charge in [0.15, 0.2) is 0 Å². The van der Waals surface area contributed by atoms with Crippen LogP contribution in [0, 0.1) is 0 Å². The summed E-state index contributed by atoms with van der Waals surface area (Å²) in [6, 6.07) is 70.9. The molecule has 252 valence electrons. The van der Waals surface area contributed by atoms with Gasteiger partial charge in [-0.3, -0.25) is 0 Å². The van der Waals surface area contributed by atoms with E-state index in [1.807, 2.05) is 0 Å². The van der Waals surface area contributed by atoms with E-state index >= 15 is 0 Å². The molecule has 1 aliphatic carbocycles. The van der Waals surface area contributed by atoms with E-state index in [-0.39, 0.29) is 5.41 Å². The van der Waals surface area contributed by atoms with Gasteiger partial charge in [-0.2, -0.15) is 0 Å². The number of benzene rings is 8. The minimum atomic E-state index is -0.137. The van der Waals surface area contributed by atoms with E-state index in [2.05, 4.69) is 217 Å². The third-order valence-electron chi connectivity index (χ3n) is 11.2. The summed E-state index contributed by atoms with van der Waals surface area (Å²) >= 11 is 0. The Bertz CT molecular complexity index is 2790. The van der Waals surface area contributed by atoms with E-state index in [9.17, 15) is 0 Å². The molecule has 9 aromatic rings. The molecule has 0 spiro atoms. The Balaban J connectivity index is 1.30. The third-order valence-corrected chi connectivity index (χ3v) is 11.2. The number of rotatable bonds is 6. The zero-order valence-corrected chi connectivity index (χ0v) is 29.9. The molecule has 0 saturated heterocycles. The summed E-state index contributed by atoms with van der Waals surface area (Å²) in [6.07, 6.45) is 0. The van der Waals surface area contributed by atoms with Crippen molar-refractivity contribution in [3.63, 3.8) is 0 Å². The van der Waals surface area contributed by atoms with Crippen molar-refractivity contribution in [1.29, 1.82) is 0 Å². The van der Waals surface area contributed by atoms with Gasteiger partial charge in [0.25, 0.3) is 0 Å². The Hall–Kier alpha value is -6.64. The van der Waals surface area contributed by atoms with Gasteiger partial charge in [0.2, 0.25) is 0 Å². The fraction of sp³-hybridized carbons (Fsp3) is 0.0588. The lowest BCUT2D eigenvalue weighted by Gasteiger charge is -2.31. The van der Waals surface area contributed by atoms with E-state index in [4.69, 9.17) is 0 Å². The molecule has 0 fully saturated rings. The van der Waals surface area contributed by atoms with Crippen molar-refractivity contribution in [2.45, 2.75) is 19.3 Å². The van der Waals surface area contributed by atoms with E-state index in [1.54, 1.807) is 0 Å². The number of para-hydroxylation sites is 2. The largest absolute Gasteiger partial charge is 0.309 e. The maximum absolute atomic E-state index is 2.51. The summed E-state index contributed by atoms with van der Waals surface area (Å²) in [5, 5.41) is 2.45. The van der Waals surface area contributed by atoms with Crippen molar-refractivity contribution < 1.29 is 0 Å². The van der Waals surface area contributed by atoms with Crippen LogP contribution in [-0.4, -0.2) is 4.57 Å². The topological polar surface area (TPSA) is 8.17 Å². The van der Waals surface area contributed by atoms with Gasteiger partial charge in [0.1, 0.15) is 0 Å². The number of hydrogen-bond acceptors (Lipinski definition) is 1. The molecule has 0 radical (unpaired) electrons. The van der Waals surface area contributed by atoms with Gasteiger partial charge >= 0.3 is 0 Å². The molecule has 0 saturated carbocycles. The van der Waals surface area contributed by atoms with Gasteiger partial charge in [-0.15, -0.1) is 0 Å². The maximum atomic E-state index is 2.51. The standard InChI is InChI=1S/C51H38N2/c1-51(2)44-25-14-12-23-40(44)41-31-30-39(34-45(41)51)53(47-32-29-37(35-17-6-3-7-18-35)33-43(47)36-19-8-4-9-20-36)49-28-16-27-48-50(49)42-24-13-15-26-46(42)52(48)38-21-10-5-11-22-38/h3-34H,1-2H3. The van der Waals surface area contributed by atoms with E-state index in [0.29, 0.717) is 0 Å². The van der Waals surface area contributed by atoms with Crippen LogP contribution in [0.1, 0.15) is 25.0 Å². The zero-order valence-electron chi connectivity index (χ0n) is 29.9. The molecule has 2 heteroatoms. The van der Waals surface area contributed by atoms with Crippen molar-refractivity contribution in [2.75, 3.05) is 4.90 Å². The number of aromatic nitrogens is 1. The molecular weight excluding hydrogens is 641 g/mol. The van der Waals surface area contributed by atoms with Crippen LogP contribution in [0.5, 0.6) is 0 Å². The summed E-state index contributed by atoms with van der Waals surface area (Å²) in [4.78, 5) is 2.51. The normalized spacial score (nSPS) is 12.9. The second kappa shape index (κ2) is 12.3. The molecule has 0 atom stereocenters. The smallest absolute Gasteiger partial charge is 0.0562 e. The second-order valence-electron chi connectivity index (χ2n) is 14.6. The first-order chi connectivity index (χ1) is 26.1. The number of nitrogens with zero attached hydrogens (tertiary/aromatic N) is 2. The number of fused-ring (bicyclic) bond motifs is 6. The molecule has 0 N–H and O–H groups in total. The monoisotopic (exact) mass is 678 g/mol. The Kier molecular flexibility index (Phi) is 7.19. The van der Waals surface area contributed by atoms with Crippen molar-refractivity contribution in [2.24, 2.45) is 0 Å². The summed E-state index contributed by atoms with van der Waals surface area (Å²) in [5.41, 5.74) is 16.9. The van der Waals surface area contributed by atoms with Gasteiger partial charge in [0, 0.05) is 33.1 Å². The van der Waals surface area contributed by atoms with Crippen LogP contribution in [0.2, 0.25) is 0 Å². The summed E-state index contributed by atoms with van der Waals surface area (Å²) in [7, 11) is 0. The fourth-order valence-corrected chi connectivity index (χ4v) is 8.67. The lowest BCUT2D eigenvalue weighted by Crippen LogP contribution is -2.17. The number of anilines is 3. The van der Waals surface area contributed by atoms with Crippen molar-refractivity contribution in [1.82, 2.24) is 4.57 Å². The van der Waals surface area contributed by atoms with Crippen molar-refractivity contribution >= 4 is 38.9 Å². The van der Waals surface area contributed by atoms with E-state index < -0.39 is 0 Å². The lowest BCUT2D eigenvalue weighted by molar-refractivity contribution is 0.660. The van der Waals surface area contributed by atoms with Gasteiger partial charge in [-0.25, -0.2) is 0 Å². The average Bonchev–Trinajstić information content (AvgIpc) is 3.68. The van der Waals surface area contributed by atoms with Crippen LogP contribution in [0.25, 0.3) is 60.9 Å². The predicted molar refractivity (Wildman–Crippen MR) is 224 cm³/mol. The highest BCUT2D eigenvalue weighted by atomic mass is 15.2. The van der Waals surface area contributed by atoms with E-state index in [1.165, 1.54) is 66.3 Å². The first-order valence-corrected chi connectivity index (χ1v) is 18.4. The summed E-state index contributed by atoms with van der Waals surface area (Å²) in [6.45, 7) is 4.73. The van der Waals surface area contributed by atoms with Gasteiger partial charge in [-0.1, -0.05) is 153 Å². The quantitative estimate of drug-likeness (QED) is 0.170. The molecular formula is C51H38N2. The molecule has 2 nitrogen and oxygen atoms in total. The van der Waals surface area contributed by atoms with Crippen LogP contribution in [0.15, 0.2) is 194 Å². The molecule has 0 aliphatic heterocycles. The minimum absolute atomic E-state index is 0.137. The second-order valence-corrected chi connectivity index (χ2v) is 14.6. The first-order valence-electron chi connectivity index (χ1n) is 18.4. The number of hydrogen-bond donors (Lipinski definition) is 0. The third kappa shape index (κ3) is 4.94. The predicted octanol–water partition coefficient (Wildman–Crippen LogP) is 13.9. The fourth-order valence-electron chi connectivity index (χ4n) is 8.67. The van der Waals surface area contributed by atoms with Crippen LogP contribution in [0.3, 0.4) is 0 Å². The Labute approximate surface area is 310 Å². The first kappa shape index (κ1) is 31.1. The van der Waals surface area contributed by atoms with Crippen LogP contribution < -0.4 is 4.90 Å². The molecule has 1 heterocycles. The SMILES string of the molecule is CC1(C)c2ccccc2-c2ccc(N(c3ccc(-c4ccccc4)cc3-c3ccccc3)c3cccc4c3c3ccccc3n4-c3ccccc3)cc21. The maximum Gasteiger partial charge on any atom is 0.0562 e. The molecule has 53 heavy (non-hydrogen) atoms. The highest BCUT2D eigenvalue weighted by molar-refractivity contribution is 6.17.